The van der Waals surface area contributed by atoms with Gasteiger partial charge in [-0.2, -0.15) is 8.42 Å². The van der Waals surface area contributed by atoms with Crippen LogP contribution in [0.15, 0.2) is 17.8 Å². The van der Waals surface area contributed by atoms with Crippen LogP contribution in [0.5, 0.6) is 0 Å². The average Bonchev–Trinajstić information content (AvgIpc) is 2.52. The lowest BCUT2D eigenvalue weighted by Gasteiger charge is -2.39. The number of rotatable bonds is 8. The summed E-state index contributed by atoms with van der Waals surface area (Å²) in [6.45, 7) is 2.95. The first-order valence-corrected chi connectivity index (χ1v) is 9.25. The van der Waals surface area contributed by atoms with Crippen molar-refractivity contribution >= 4 is 27.2 Å². The van der Waals surface area contributed by atoms with E-state index in [0.29, 0.717) is 12.8 Å². The van der Waals surface area contributed by atoms with E-state index in [1.54, 1.807) is 6.08 Å². The highest BCUT2D eigenvalue weighted by Crippen LogP contribution is 2.30. The number of thioether (sulfide) groups is 1. The van der Waals surface area contributed by atoms with E-state index in [4.69, 9.17) is 14.4 Å². The number of ether oxygens (including phenoxy) is 1. The normalized spacial score (nSPS) is 31.7. The van der Waals surface area contributed by atoms with Crippen LogP contribution in [0, 0.1) is 0 Å². The molecule has 1 fully saturated rings. The third kappa shape index (κ3) is 6.64. The Balaban J connectivity index is 2.84. The van der Waals surface area contributed by atoms with Crippen molar-refractivity contribution in [2.75, 3.05) is 6.61 Å². The Morgan fingerprint density at radius 2 is 1.96 bits per heavy atom. The van der Waals surface area contributed by atoms with E-state index >= 15 is 0 Å². The fourth-order valence-electron chi connectivity index (χ4n) is 1.91. The van der Waals surface area contributed by atoms with Gasteiger partial charge < -0.3 is 25.2 Å². The van der Waals surface area contributed by atoms with Crippen LogP contribution in [0.25, 0.3) is 0 Å². The summed E-state index contributed by atoms with van der Waals surface area (Å²) in [4.78, 5) is 0. The van der Waals surface area contributed by atoms with Gasteiger partial charge in [0.2, 0.25) is 0 Å². The number of hydrogen-bond acceptors (Lipinski definition) is 10. The van der Waals surface area contributed by atoms with Gasteiger partial charge in [-0.15, -0.1) is 6.58 Å². The highest BCUT2D eigenvalue weighted by molar-refractivity contribution is 8.14. The summed E-state index contributed by atoms with van der Waals surface area (Å²) in [6, 6.07) is 0. The number of aliphatic hydroxyl groups excluding tert-OH is 4. The lowest BCUT2D eigenvalue weighted by atomic mass is 10.0. The van der Waals surface area contributed by atoms with Crippen LogP contribution in [0.2, 0.25) is 0 Å². The molecule has 5 atom stereocenters. The molecule has 1 aliphatic heterocycles. The number of allylic oxidation sites excluding steroid dienone is 1. The molecule has 24 heavy (non-hydrogen) atoms. The quantitative estimate of drug-likeness (QED) is 0.0871. The maximum atomic E-state index is 10.6. The Morgan fingerprint density at radius 3 is 2.50 bits per heavy atom. The number of aliphatic hydroxyl groups is 4. The summed E-state index contributed by atoms with van der Waals surface area (Å²) in [7, 11) is -4.79. The molecule has 12 heteroatoms. The molecule has 0 aromatic rings. The van der Waals surface area contributed by atoms with Gasteiger partial charge >= 0.3 is 10.4 Å². The Hall–Kier alpha value is -0.730. The number of oxime groups is 1. The van der Waals surface area contributed by atoms with Crippen LogP contribution in [0.1, 0.15) is 19.3 Å². The summed E-state index contributed by atoms with van der Waals surface area (Å²) in [5.74, 6) is 0. The molecule has 0 radical (unpaired) electrons. The zero-order valence-corrected chi connectivity index (χ0v) is 14.3. The van der Waals surface area contributed by atoms with E-state index in [0.717, 1.165) is 11.8 Å². The van der Waals surface area contributed by atoms with Gasteiger partial charge in [0.1, 0.15) is 34.9 Å². The number of nitrogens with zero attached hydrogens (tertiary/aromatic N) is 1. The molecule has 1 saturated heterocycles. The van der Waals surface area contributed by atoms with Crippen LogP contribution in [0.4, 0.5) is 0 Å². The Bertz CT molecular complexity index is 537. The largest absolute Gasteiger partial charge is 0.466 e. The minimum Gasteiger partial charge on any atom is -0.394 e. The second-order valence-corrected chi connectivity index (χ2v) is 7.16. The van der Waals surface area contributed by atoms with Gasteiger partial charge in [-0.25, -0.2) is 4.28 Å². The third-order valence-electron chi connectivity index (χ3n) is 3.13. The van der Waals surface area contributed by atoms with Gasteiger partial charge in [-0.3, -0.25) is 4.55 Å². The lowest BCUT2D eigenvalue weighted by molar-refractivity contribution is -0.205. The maximum Gasteiger partial charge on any atom is 0.466 e. The molecule has 0 aromatic carbocycles. The molecule has 1 rings (SSSR count). The third-order valence-corrected chi connectivity index (χ3v) is 4.57. The fourth-order valence-corrected chi connectivity index (χ4v) is 3.25. The predicted octanol–water partition coefficient (Wildman–Crippen LogP) is -0.991. The van der Waals surface area contributed by atoms with Crippen molar-refractivity contribution < 1.29 is 42.4 Å². The molecule has 1 heterocycles. The second-order valence-electron chi connectivity index (χ2n) is 4.98. The molecule has 0 saturated carbocycles. The molecule has 1 aliphatic rings. The summed E-state index contributed by atoms with van der Waals surface area (Å²) in [6.07, 6.45) is -2.69. The fraction of sp³-hybridized carbons (Fsp3) is 0.750. The predicted molar refractivity (Wildman–Crippen MR) is 85.5 cm³/mol. The van der Waals surface area contributed by atoms with Crippen molar-refractivity contribution in [1.29, 1.82) is 0 Å². The summed E-state index contributed by atoms with van der Waals surface area (Å²) in [5.41, 5.74) is -1.13. The topological polar surface area (TPSA) is 166 Å². The van der Waals surface area contributed by atoms with Crippen molar-refractivity contribution in [3.05, 3.63) is 12.7 Å². The zero-order chi connectivity index (χ0) is 18.3. The van der Waals surface area contributed by atoms with E-state index in [1.807, 2.05) is 0 Å². The Labute approximate surface area is 143 Å². The van der Waals surface area contributed by atoms with Crippen LogP contribution < -0.4 is 0 Å². The first-order chi connectivity index (χ1) is 11.2. The smallest absolute Gasteiger partial charge is 0.394 e. The van der Waals surface area contributed by atoms with Gasteiger partial charge in [-0.1, -0.05) is 23.0 Å². The van der Waals surface area contributed by atoms with Gasteiger partial charge in [0, 0.05) is 0 Å². The van der Waals surface area contributed by atoms with Crippen LogP contribution in [-0.4, -0.2) is 74.9 Å². The molecular formula is C12H21NO9S2. The molecule has 140 valence electrons. The maximum absolute atomic E-state index is 10.6. The molecule has 0 amide bonds. The highest BCUT2D eigenvalue weighted by atomic mass is 32.3. The van der Waals surface area contributed by atoms with Crippen molar-refractivity contribution in [2.45, 2.75) is 49.1 Å². The molecule has 10 nitrogen and oxygen atoms in total. The van der Waals surface area contributed by atoms with Gasteiger partial charge in [-0.05, 0) is 19.3 Å². The monoisotopic (exact) mass is 387 g/mol. The summed E-state index contributed by atoms with van der Waals surface area (Å²) in [5, 5.41) is 41.9. The molecule has 0 aromatic heterocycles. The molecule has 0 bridgehead atoms. The molecule has 0 spiro atoms. The van der Waals surface area contributed by atoms with E-state index in [9.17, 15) is 23.7 Å². The minimum atomic E-state index is -4.79. The van der Waals surface area contributed by atoms with Crippen molar-refractivity contribution in [3.63, 3.8) is 0 Å². The van der Waals surface area contributed by atoms with Crippen LogP contribution in [-0.2, 0) is 19.4 Å². The Kier molecular flexibility index (Phi) is 8.59. The first-order valence-electron chi connectivity index (χ1n) is 7.00. The first kappa shape index (κ1) is 21.3. The van der Waals surface area contributed by atoms with Gasteiger partial charge in [0.05, 0.1) is 6.61 Å². The molecule has 0 unspecified atom stereocenters. The number of hydrogen-bond donors (Lipinski definition) is 5. The standard InChI is InChI=1S/C12H21NO9S2/c1-2-3-4-5-8(13-22-24(18,19)20)23-12-11(17)10(16)9(15)7(6-14)21-12/h2,7,9-12,14-17H,1,3-6H2,(H,18,19,20)/b13-8+/t7-,9-,10+,11-,12+/m1/s1. The summed E-state index contributed by atoms with van der Waals surface area (Å²) >= 11 is 0.750. The van der Waals surface area contributed by atoms with Gasteiger partial charge in [0.25, 0.3) is 0 Å². The average molecular weight is 387 g/mol. The van der Waals surface area contributed by atoms with Crippen molar-refractivity contribution in [2.24, 2.45) is 5.16 Å². The second kappa shape index (κ2) is 9.68. The van der Waals surface area contributed by atoms with E-state index in [-0.39, 0.29) is 11.5 Å². The zero-order valence-electron chi connectivity index (χ0n) is 12.6. The number of unbranched alkanes of at least 4 members (excludes halogenated alkanes) is 1. The molecule has 0 aliphatic carbocycles. The molecular weight excluding hydrogens is 366 g/mol. The lowest BCUT2D eigenvalue weighted by Crippen LogP contribution is -2.57. The highest BCUT2D eigenvalue weighted by Gasteiger charge is 2.44. The SMILES string of the molecule is C=CCCC/C(=N\OS(=O)(=O)O)S[C@@H]1O[C@H](CO)[C@@H](O)[C@H](O)[C@H]1O. The van der Waals surface area contributed by atoms with Crippen molar-refractivity contribution in [1.82, 2.24) is 0 Å². The Morgan fingerprint density at radius 1 is 1.29 bits per heavy atom. The van der Waals surface area contributed by atoms with E-state index in [1.165, 1.54) is 0 Å². The van der Waals surface area contributed by atoms with Crippen LogP contribution in [0.3, 0.4) is 0 Å². The minimum absolute atomic E-state index is 0.0683. The van der Waals surface area contributed by atoms with E-state index in [2.05, 4.69) is 16.0 Å². The van der Waals surface area contributed by atoms with Crippen molar-refractivity contribution in [3.8, 4) is 0 Å². The summed E-state index contributed by atoms with van der Waals surface area (Å²) < 4.78 is 39.1. The van der Waals surface area contributed by atoms with Gasteiger partial charge in [0.15, 0.2) is 0 Å². The van der Waals surface area contributed by atoms with E-state index < -0.39 is 46.9 Å². The van der Waals surface area contributed by atoms with Crippen LogP contribution >= 0.6 is 11.8 Å². The molecule has 5 N–H and O–H groups in total.